The number of aryl methyl sites for hydroxylation is 2. The Balaban J connectivity index is 2.67. The second-order valence-corrected chi connectivity index (χ2v) is 5.33. The van der Waals surface area contributed by atoms with Crippen LogP contribution in [0.25, 0.3) is 0 Å². The number of aliphatic carboxylic acids is 1. The van der Waals surface area contributed by atoms with Crippen molar-refractivity contribution in [2.45, 2.75) is 47.1 Å². The SMILES string of the molecule is CCC(CC)(CNCc1cc(C)ccc1C)C(=O)O. The number of rotatable bonds is 7. The lowest BCUT2D eigenvalue weighted by molar-refractivity contribution is -0.149. The molecule has 2 N–H and O–H groups in total. The average Bonchev–Trinajstić information content (AvgIpc) is 2.38. The fourth-order valence-electron chi connectivity index (χ4n) is 2.31. The summed E-state index contributed by atoms with van der Waals surface area (Å²) >= 11 is 0. The Morgan fingerprint density at radius 2 is 1.89 bits per heavy atom. The van der Waals surface area contributed by atoms with Crippen LogP contribution in [0.2, 0.25) is 0 Å². The van der Waals surface area contributed by atoms with Crippen molar-refractivity contribution in [1.82, 2.24) is 5.32 Å². The smallest absolute Gasteiger partial charge is 0.310 e. The van der Waals surface area contributed by atoms with Gasteiger partial charge in [-0.05, 0) is 37.8 Å². The molecule has 1 aromatic rings. The fraction of sp³-hybridized carbons (Fsp3) is 0.562. The highest BCUT2D eigenvalue weighted by molar-refractivity contribution is 5.74. The Bertz CT molecular complexity index is 436. The second-order valence-electron chi connectivity index (χ2n) is 5.33. The minimum atomic E-state index is -0.703. The first kappa shape index (κ1) is 15.7. The standard InChI is InChI=1S/C16H25NO2/c1-5-16(6-2,15(18)19)11-17-10-14-9-12(3)7-8-13(14)4/h7-9,17H,5-6,10-11H2,1-4H3,(H,18,19). The summed E-state index contributed by atoms with van der Waals surface area (Å²) in [5.74, 6) is -0.703. The first-order chi connectivity index (χ1) is 8.95. The van der Waals surface area contributed by atoms with Crippen LogP contribution in [-0.4, -0.2) is 17.6 Å². The van der Waals surface area contributed by atoms with Crippen LogP contribution in [0.5, 0.6) is 0 Å². The van der Waals surface area contributed by atoms with E-state index in [0.29, 0.717) is 19.4 Å². The zero-order valence-electron chi connectivity index (χ0n) is 12.4. The third-order valence-electron chi connectivity index (χ3n) is 4.09. The average molecular weight is 263 g/mol. The molecule has 0 saturated heterocycles. The molecule has 0 radical (unpaired) electrons. The molecule has 106 valence electrons. The van der Waals surface area contributed by atoms with E-state index >= 15 is 0 Å². The van der Waals surface area contributed by atoms with E-state index in [9.17, 15) is 9.90 Å². The van der Waals surface area contributed by atoms with Gasteiger partial charge < -0.3 is 10.4 Å². The van der Waals surface area contributed by atoms with Crippen LogP contribution < -0.4 is 5.32 Å². The highest BCUT2D eigenvalue weighted by atomic mass is 16.4. The summed E-state index contributed by atoms with van der Waals surface area (Å²) in [6, 6.07) is 6.36. The van der Waals surface area contributed by atoms with Gasteiger partial charge in [0.2, 0.25) is 0 Å². The number of benzene rings is 1. The molecule has 0 unspecified atom stereocenters. The number of nitrogens with one attached hydrogen (secondary N) is 1. The van der Waals surface area contributed by atoms with Gasteiger partial charge in [0.15, 0.2) is 0 Å². The number of carboxylic acids is 1. The van der Waals surface area contributed by atoms with Crippen molar-refractivity contribution >= 4 is 5.97 Å². The largest absolute Gasteiger partial charge is 0.481 e. The molecule has 0 heterocycles. The van der Waals surface area contributed by atoms with Gasteiger partial charge in [-0.2, -0.15) is 0 Å². The highest BCUT2D eigenvalue weighted by Gasteiger charge is 2.34. The molecular formula is C16H25NO2. The summed E-state index contributed by atoms with van der Waals surface area (Å²) in [5.41, 5.74) is 3.08. The van der Waals surface area contributed by atoms with E-state index in [2.05, 4.69) is 37.4 Å². The lowest BCUT2D eigenvalue weighted by Crippen LogP contribution is -2.40. The predicted octanol–water partition coefficient (Wildman–Crippen LogP) is 3.28. The molecule has 3 nitrogen and oxygen atoms in total. The molecule has 19 heavy (non-hydrogen) atoms. The summed E-state index contributed by atoms with van der Waals surface area (Å²) in [5, 5.41) is 12.7. The monoisotopic (exact) mass is 263 g/mol. The van der Waals surface area contributed by atoms with E-state index in [4.69, 9.17) is 0 Å². The maximum Gasteiger partial charge on any atom is 0.310 e. The third kappa shape index (κ3) is 3.80. The maximum atomic E-state index is 11.4. The van der Waals surface area contributed by atoms with Crippen molar-refractivity contribution < 1.29 is 9.90 Å². The van der Waals surface area contributed by atoms with Crippen LogP contribution in [0, 0.1) is 19.3 Å². The van der Waals surface area contributed by atoms with Gasteiger partial charge in [-0.1, -0.05) is 37.6 Å². The van der Waals surface area contributed by atoms with Crippen molar-refractivity contribution in [3.05, 3.63) is 34.9 Å². The molecule has 0 aliphatic carbocycles. The van der Waals surface area contributed by atoms with Crippen molar-refractivity contribution in [2.24, 2.45) is 5.41 Å². The van der Waals surface area contributed by atoms with Crippen LogP contribution in [0.4, 0.5) is 0 Å². The first-order valence-corrected chi connectivity index (χ1v) is 6.95. The molecule has 1 rings (SSSR count). The zero-order valence-corrected chi connectivity index (χ0v) is 12.4. The lowest BCUT2D eigenvalue weighted by atomic mass is 9.82. The molecule has 0 amide bonds. The molecule has 1 aromatic carbocycles. The van der Waals surface area contributed by atoms with Crippen molar-refractivity contribution in [3.8, 4) is 0 Å². The Morgan fingerprint density at radius 3 is 2.42 bits per heavy atom. The van der Waals surface area contributed by atoms with Crippen molar-refractivity contribution in [2.75, 3.05) is 6.54 Å². The highest BCUT2D eigenvalue weighted by Crippen LogP contribution is 2.25. The Kier molecular flexibility index (Phi) is 5.55. The van der Waals surface area contributed by atoms with Crippen molar-refractivity contribution in [1.29, 1.82) is 0 Å². The summed E-state index contributed by atoms with van der Waals surface area (Å²) in [4.78, 5) is 11.4. The van der Waals surface area contributed by atoms with Gasteiger partial charge in [-0.25, -0.2) is 0 Å². The van der Waals surface area contributed by atoms with E-state index in [1.54, 1.807) is 0 Å². The summed E-state index contributed by atoms with van der Waals surface area (Å²) in [6.45, 7) is 9.28. The maximum absolute atomic E-state index is 11.4. The first-order valence-electron chi connectivity index (χ1n) is 6.95. The number of hydrogen-bond acceptors (Lipinski definition) is 2. The minimum Gasteiger partial charge on any atom is -0.481 e. The molecule has 0 spiro atoms. The van der Waals surface area contributed by atoms with E-state index in [0.717, 1.165) is 6.54 Å². The zero-order chi connectivity index (χ0) is 14.5. The molecular weight excluding hydrogens is 238 g/mol. The van der Waals surface area contributed by atoms with Gasteiger partial charge in [-0.15, -0.1) is 0 Å². The fourth-order valence-corrected chi connectivity index (χ4v) is 2.31. The molecule has 0 fully saturated rings. The van der Waals surface area contributed by atoms with Gasteiger partial charge in [0.05, 0.1) is 5.41 Å². The topological polar surface area (TPSA) is 49.3 Å². The summed E-state index contributed by atoms with van der Waals surface area (Å²) in [7, 11) is 0. The molecule has 0 bridgehead atoms. The van der Waals surface area contributed by atoms with Crippen LogP contribution >= 0.6 is 0 Å². The van der Waals surface area contributed by atoms with E-state index in [-0.39, 0.29) is 0 Å². The molecule has 0 saturated carbocycles. The van der Waals surface area contributed by atoms with E-state index < -0.39 is 11.4 Å². The van der Waals surface area contributed by atoms with Gasteiger partial charge in [0.1, 0.15) is 0 Å². The summed E-state index contributed by atoms with van der Waals surface area (Å²) in [6.07, 6.45) is 1.30. The van der Waals surface area contributed by atoms with Crippen LogP contribution in [-0.2, 0) is 11.3 Å². The lowest BCUT2D eigenvalue weighted by Gasteiger charge is -2.27. The number of carboxylic acid groups (broad SMARTS) is 1. The van der Waals surface area contributed by atoms with Gasteiger partial charge in [0, 0.05) is 13.1 Å². The number of carbonyl (C=O) groups is 1. The van der Waals surface area contributed by atoms with Crippen LogP contribution in [0.15, 0.2) is 18.2 Å². The quantitative estimate of drug-likeness (QED) is 0.793. The molecule has 0 aliphatic heterocycles. The minimum absolute atomic E-state index is 0.517. The Labute approximate surface area is 116 Å². The predicted molar refractivity (Wildman–Crippen MR) is 78.3 cm³/mol. The number of hydrogen-bond donors (Lipinski definition) is 2. The second kappa shape index (κ2) is 6.71. The van der Waals surface area contributed by atoms with Crippen LogP contribution in [0.3, 0.4) is 0 Å². The van der Waals surface area contributed by atoms with E-state index in [1.807, 2.05) is 13.8 Å². The molecule has 0 aliphatic rings. The normalized spacial score (nSPS) is 11.6. The molecule has 0 aromatic heterocycles. The van der Waals surface area contributed by atoms with Crippen LogP contribution in [0.1, 0.15) is 43.4 Å². The summed E-state index contributed by atoms with van der Waals surface area (Å²) < 4.78 is 0. The van der Waals surface area contributed by atoms with E-state index in [1.165, 1.54) is 16.7 Å². The molecule has 3 heteroatoms. The molecule has 0 atom stereocenters. The van der Waals surface area contributed by atoms with Crippen molar-refractivity contribution in [3.63, 3.8) is 0 Å². The Hall–Kier alpha value is -1.35. The van der Waals surface area contributed by atoms with Gasteiger partial charge in [-0.3, -0.25) is 4.79 Å². The third-order valence-corrected chi connectivity index (χ3v) is 4.09. The van der Waals surface area contributed by atoms with Gasteiger partial charge >= 0.3 is 5.97 Å². The van der Waals surface area contributed by atoms with Gasteiger partial charge in [0.25, 0.3) is 0 Å². The Morgan fingerprint density at radius 1 is 1.26 bits per heavy atom.